The van der Waals surface area contributed by atoms with E-state index >= 15 is 0 Å². The van der Waals surface area contributed by atoms with Crippen molar-refractivity contribution in [2.24, 2.45) is 11.7 Å². The van der Waals surface area contributed by atoms with Crippen molar-refractivity contribution in [3.63, 3.8) is 0 Å². The summed E-state index contributed by atoms with van der Waals surface area (Å²) in [4.78, 5) is 12.3. The predicted octanol–water partition coefficient (Wildman–Crippen LogP) is 1.68. The molecule has 18 heavy (non-hydrogen) atoms. The van der Waals surface area contributed by atoms with Crippen molar-refractivity contribution in [2.45, 2.75) is 19.4 Å². The third-order valence-corrected chi connectivity index (χ3v) is 3.24. The Morgan fingerprint density at radius 1 is 1.50 bits per heavy atom. The summed E-state index contributed by atoms with van der Waals surface area (Å²) < 4.78 is 5.39. The number of anilines is 1. The van der Waals surface area contributed by atoms with Crippen LogP contribution in [0.4, 0.5) is 5.69 Å². The molecule has 0 aliphatic carbocycles. The Balaban J connectivity index is 2.09. The topological polar surface area (TPSA) is 64.4 Å². The summed E-state index contributed by atoms with van der Waals surface area (Å²) in [7, 11) is 0. The summed E-state index contributed by atoms with van der Waals surface area (Å²) in [5.74, 6) is -0.137. The molecule has 2 unspecified atom stereocenters. The van der Waals surface area contributed by atoms with Crippen molar-refractivity contribution in [1.82, 2.24) is 0 Å². The van der Waals surface area contributed by atoms with Gasteiger partial charge in [-0.3, -0.25) is 4.79 Å². The first-order chi connectivity index (χ1) is 8.58. The van der Waals surface area contributed by atoms with Gasteiger partial charge < -0.3 is 15.8 Å². The van der Waals surface area contributed by atoms with E-state index < -0.39 is 0 Å². The lowest BCUT2D eigenvalue weighted by molar-refractivity contribution is -0.119. The van der Waals surface area contributed by atoms with Gasteiger partial charge in [0.25, 0.3) is 0 Å². The van der Waals surface area contributed by atoms with E-state index in [9.17, 15) is 4.79 Å². The van der Waals surface area contributed by atoms with E-state index in [1.165, 1.54) is 0 Å². The fourth-order valence-electron chi connectivity index (χ4n) is 2.04. The minimum Gasteiger partial charge on any atom is -0.389 e. The molecule has 0 radical (unpaired) electrons. The van der Waals surface area contributed by atoms with Crippen LogP contribution >= 0.6 is 12.2 Å². The van der Waals surface area contributed by atoms with E-state index in [1.807, 2.05) is 19.1 Å². The van der Waals surface area contributed by atoms with Gasteiger partial charge in [-0.2, -0.15) is 0 Å². The maximum absolute atomic E-state index is 12.1. The molecule has 1 fully saturated rings. The van der Waals surface area contributed by atoms with Crippen molar-refractivity contribution in [3.05, 3.63) is 29.8 Å². The number of rotatable bonds is 3. The maximum Gasteiger partial charge on any atom is 0.229 e. The number of para-hydroxylation sites is 1. The van der Waals surface area contributed by atoms with E-state index in [0.29, 0.717) is 17.9 Å². The van der Waals surface area contributed by atoms with Crippen molar-refractivity contribution < 1.29 is 9.53 Å². The number of hydrogen-bond donors (Lipinski definition) is 2. The Morgan fingerprint density at radius 3 is 2.83 bits per heavy atom. The Labute approximate surface area is 112 Å². The number of ether oxygens (including phenoxy) is 1. The minimum atomic E-state index is -0.0978. The minimum absolute atomic E-state index is 0.0388. The van der Waals surface area contributed by atoms with E-state index in [4.69, 9.17) is 22.7 Å². The first-order valence-electron chi connectivity index (χ1n) is 5.89. The summed E-state index contributed by atoms with van der Waals surface area (Å²) in [5, 5.41) is 2.87. The van der Waals surface area contributed by atoms with Crippen LogP contribution in [0, 0.1) is 5.92 Å². The Kier molecular flexibility index (Phi) is 3.93. The van der Waals surface area contributed by atoms with Gasteiger partial charge in [0, 0.05) is 5.56 Å². The SMILES string of the molecule is CC1CC(C(=O)Nc2ccccc2C(N)=S)CO1. The largest absolute Gasteiger partial charge is 0.389 e. The van der Waals surface area contributed by atoms with Crippen molar-refractivity contribution >= 4 is 28.8 Å². The Bertz CT molecular complexity index is 476. The highest BCUT2D eigenvalue weighted by molar-refractivity contribution is 7.80. The third kappa shape index (κ3) is 2.86. The standard InChI is InChI=1S/C13H16N2O2S/c1-8-6-9(7-17-8)13(16)15-11-5-3-2-4-10(11)12(14)18/h2-5,8-9H,6-7H2,1H3,(H2,14,18)(H,15,16). The van der Waals surface area contributed by atoms with Gasteiger partial charge in [-0.1, -0.05) is 24.4 Å². The monoisotopic (exact) mass is 264 g/mol. The van der Waals surface area contributed by atoms with Gasteiger partial charge in [0.2, 0.25) is 5.91 Å². The molecule has 96 valence electrons. The number of nitrogens with one attached hydrogen (secondary N) is 1. The molecule has 0 saturated carbocycles. The molecule has 2 atom stereocenters. The predicted molar refractivity (Wildman–Crippen MR) is 74.5 cm³/mol. The normalized spacial score (nSPS) is 22.7. The van der Waals surface area contributed by atoms with Crippen LogP contribution in [0.3, 0.4) is 0 Å². The zero-order valence-corrected chi connectivity index (χ0v) is 11.0. The molecule has 1 aromatic carbocycles. The van der Waals surface area contributed by atoms with Gasteiger partial charge in [-0.15, -0.1) is 0 Å². The molecule has 4 nitrogen and oxygen atoms in total. The molecule has 1 aliphatic heterocycles. The van der Waals surface area contributed by atoms with Crippen LogP contribution in [0.2, 0.25) is 0 Å². The van der Waals surface area contributed by atoms with Crippen LogP contribution in [0.5, 0.6) is 0 Å². The highest BCUT2D eigenvalue weighted by Gasteiger charge is 2.28. The average molecular weight is 264 g/mol. The third-order valence-electron chi connectivity index (χ3n) is 3.02. The molecule has 0 aromatic heterocycles. The highest BCUT2D eigenvalue weighted by atomic mass is 32.1. The van der Waals surface area contributed by atoms with Gasteiger partial charge in [-0.25, -0.2) is 0 Å². The lowest BCUT2D eigenvalue weighted by Gasteiger charge is -2.12. The van der Waals surface area contributed by atoms with Crippen LogP contribution in [0.25, 0.3) is 0 Å². The molecular weight excluding hydrogens is 248 g/mol. The summed E-state index contributed by atoms with van der Waals surface area (Å²) in [5.41, 5.74) is 6.97. The zero-order valence-electron chi connectivity index (χ0n) is 10.2. The molecule has 1 aromatic rings. The molecule has 0 spiro atoms. The smallest absolute Gasteiger partial charge is 0.229 e. The lowest BCUT2D eigenvalue weighted by atomic mass is 10.0. The molecule has 3 N–H and O–H groups in total. The van der Waals surface area contributed by atoms with Gasteiger partial charge in [0.05, 0.1) is 24.3 Å². The van der Waals surface area contributed by atoms with Crippen LogP contribution in [0.15, 0.2) is 24.3 Å². The van der Waals surface area contributed by atoms with E-state index in [2.05, 4.69) is 5.32 Å². The van der Waals surface area contributed by atoms with Crippen molar-refractivity contribution in [3.8, 4) is 0 Å². The van der Waals surface area contributed by atoms with Gasteiger partial charge >= 0.3 is 0 Å². The summed E-state index contributed by atoms with van der Waals surface area (Å²) >= 11 is 4.96. The molecule has 2 rings (SSSR count). The maximum atomic E-state index is 12.1. The molecule has 5 heteroatoms. The Hall–Kier alpha value is -1.46. The van der Waals surface area contributed by atoms with Crippen LogP contribution in [0.1, 0.15) is 18.9 Å². The number of carbonyl (C=O) groups excluding carboxylic acids is 1. The van der Waals surface area contributed by atoms with Crippen molar-refractivity contribution in [1.29, 1.82) is 0 Å². The molecule has 0 bridgehead atoms. The Morgan fingerprint density at radius 2 is 2.22 bits per heavy atom. The molecular formula is C13H16N2O2S. The first kappa shape index (κ1) is 13.0. The quantitative estimate of drug-likeness (QED) is 0.815. The average Bonchev–Trinajstić information content (AvgIpc) is 2.76. The van der Waals surface area contributed by atoms with Crippen LogP contribution < -0.4 is 11.1 Å². The van der Waals surface area contributed by atoms with Gasteiger partial charge in [0.1, 0.15) is 4.99 Å². The molecule has 1 amide bonds. The van der Waals surface area contributed by atoms with Crippen molar-refractivity contribution in [2.75, 3.05) is 11.9 Å². The summed E-state index contributed by atoms with van der Waals surface area (Å²) in [6, 6.07) is 7.27. The fraction of sp³-hybridized carbons (Fsp3) is 0.385. The number of nitrogens with two attached hydrogens (primary N) is 1. The fourth-order valence-corrected chi connectivity index (χ4v) is 2.22. The van der Waals surface area contributed by atoms with Gasteiger partial charge in [-0.05, 0) is 25.5 Å². The van der Waals surface area contributed by atoms with E-state index in [1.54, 1.807) is 12.1 Å². The van der Waals surface area contributed by atoms with E-state index in [-0.39, 0.29) is 22.9 Å². The van der Waals surface area contributed by atoms with Gasteiger partial charge in [0.15, 0.2) is 0 Å². The number of hydrogen-bond acceptors (Lipinski definition) is 3. The number of thiocarbonyl (C=S) groups is 1. The van der Waals surface area contributed by atoms with Crippen LogP contribution in [-0.4, -0.2) is 23.6 Å². The summed E-state index contributed by atoms with van der Waals surface area (Å²) in [6.07, 6.45) is 0.896. The second-order valence-electron chi connectivity index (χ2n) is 4.48. The summed E-state index contributed by atoms with van der Waals surface area (Å²) in [6.45, 7) is 2.44. The number of carbonyl (C=O) groups is 1. The second kappa shape index (κ2) is 5.46. The van der Waals surface area contributed by atoms with E-state index in [0.717, 1.165) is 6.42 Å². The highest BCUT2D eigenvalue weighted by Crippen LogP contribution is 2.22. The lowest BCUT2D eigenvalue weighted by Crippen LogP contribution is -2.24. The van der Waals surface area contributed by atoms with Crippen LogP contribution in [-0.2, 0) is 9.53 Å². The zero-order chi connectivity index (χ0) is 13.1. The first-order valence-corrected chi connectivity index (χ1v) is 6.30. The molecule has 1 heterocycles. The number of amides is 1. The molecule has 1 aliphatic rings. The second-order valence-corrected chi connectivity index (χ2v) is 4.92. The molecule has 1 saturated heterocycles. The number of benzene rings is 1.